The zero-order valence-corrected chi connectivity index (χ0v) is 12.4. The molecule has 0 saturated carbocycles. The first-order valence-corrected chi connectivity index (χ1v) is 7.01. The molecular formula is C15H22F3NO2. The van der Waals surface area contributed by atoms with E-state index in [4.69, 9.17) is 9.47 Å². The molecular weight excluding hydrogens is 283 g/mol. The van der Waals surface area contributed by atoms with Crippen molar-refractivity contribution < 1.29 is 22.6 Å². The van der Waals surface area contributed by atoms with Crippen LogP contribution < -0.4 is 10.1 Å². The molecule has 0 heterocycles. The second kappa shape index (κ2) is 8.89. The fraction of sp³-hybridized carbons (Fsp3) is 0.600. The summed E-state index contributed by atoms with van der Waals surface area (Å²) in [6.07, 6.45) is -2.93. The van der Waals surface area contributed by atoms with Gasteiger partial charge in [-0.1, -0.05) is 13.0 Å². The standard InChI is InChI=1S/C15H22F3NO2/c1-3-7-19-11-12-5-6-14(21-9-4-8-20-2)13(10-12)15(16,17)18/h5-6,10,19H,3-4,7-9,11H2,1-2H3. The van der Waals surface area contributed by atoms with E-state index in [9.17, 15) is 13.2 Å². The summed E-state index contributed by atoms with van der Waals surface area (Å²) in [7, 11) is 1.54. The molecule has 0 unspecified atom stereocenters. The minimum absolute atomic E-state index is 0.127. The number of methoxy groups -OCH3 is 1. The minimum atomic E-state index is -4.42. The monoisotopic (exact) mass is 305 g/mol. The number of benzene rings is 1. The number of alkyl halides is 3. The highest BCUT2D eigenvalue weighted by molar-refractivity contribution is 5.39. The van der Waals surface area contributed by atoms with E-state index in [0.29, 0.717) is 25.1 Å². The van der Waals surface area contributed by atoms with Crippen LogP contribution in [0.2, 0.25) is 0 Å². The molecule has 1 aromatic rings. The summed E-state index contributed by atoms with van der Waals surface area (Å²) >= 11 is 0. The molecule has 120 valence electrons. The number of nitrogens with one attached hydrogen (secondary N) is 1. The van der Waals surface area contributed by atoms with Gasteiger partial charge in [0.1, 0.15) is 5.75 Å². The van der Waals surface area contributed by atoms with Crippen LogP contribution in [-0.4, -0.2) is 26.9 Å². The molecule has 6 heteroatoms. The Hall–Kier alpha value is -1.27. The summed E-state index contributed by atoms with van der Waals surface area (Å²) in [5.41, 5.74) is -0.129. The number of rotatable bonds is 9. The largest absolute Gasteiger partial charge is 0.493 e. The van der Waals surface area contributed by atoms with Gasteiger partial charge in [-0.3, -0.25) is 0 Å². The first kappa shape index (κ1) is 17.8. The molecule has 0 bridgehead atoms. The molecule has 0 aliphatic carbocycles. The van der Waals surface area contributed by atoms with E-state index in [1.807, 2.05) is 6.92 Å². The maximum Gasteiger partial charge on any atom is 0.419 e. The van der Waals surface area contributed by atoms with Crippen molar-refractivity contribution in [3.8, 4) is 5.75 Å². The predicted molar refractivity (Wildman–Crippen MR) is 75.4 cm³/mol. The first-order chi connectivity index (χ1) is 9.99. The van der Waals surface area contributed by atoms with Crippen LogP contribution in [0, 0.1) is 0 Å². The summed E-state index contributed by atoms with van der Waals surface area (Å²) in [6.45, 7) is 3.85. The number of halogens is 3. The molecule has 0 spiro atoms. The smallest absolute Gasteiger partial charge is 0.419 e. The van der Waals surface area contributed by atoms with Crippen LogP contribution in [0.15, 0.2) is 18.2 Å². The van der Waals surface area contributed by atoms with Crippen LogP contribution in [0.1, 0.15) is 30.9 Å². The average Bonchev–Trinajstić information content (AvgIpc) is 2.44. The number of ether oxygens (including phenoxy) is 2. The maximum absolute atomic E-state index is 13.1. The minimum Gasteiger partial charge on any atom is -0.493 e. The van der Waals surface area contributed by atoms with Crippen molar-refractivity contribution >= 4 is 0 Å². The van der Waals surface area contributed by atoms with Crippen molar-refractivity contribution in [3.63, 3.8) is 0 Å². The van der Waals surface area contributed by atoms with Gasteiger partial charge in [0.2, 0.25) is 0 Å². The maximum atomic E-state index is 13.1. The van der Waals surface area contributed by atoms with Gasteiger partial charge in [0.25, 0.3) is 0 Å². The molecule has 1 rings (SSSR count). The van der Waals surface area contributed by atoms with Gasteiger partial charge in [-0.25, -0.2) is 0 Å². The summed E-state index contributed by atoms with van der Waals surface area (Å²) in [4.78, 5) is 0. The normalized spacial score (nSPS) is 11.7. The van der Waals surface area contributed by atoms with Gasteiger partial charge >= 0.3 is 6.18 Å². The summed E-state index contributed by atoms with van der Waals surface area (Å²) in [5.74, 6) is -0.127. The van der Waals surface area contributed by atoms with E-state index in [1.165, 1.54) is 6.07 Å². The molecule has 0 atom stereocenters. The Morgan fingerprint density at radius 1 is 1.19 bits per heavy atom. The lowest BCUT2D eigenvalue weighted by molar-refractivity contribution is -0.139. The van der Waals surface area contributed by atoms with Crippen molar-refractivity contribution in [2.45, 2.75) is 32.5 Å². The molecule has 0 amide bonds. The van der Waals surface area contributed by atoms with Crippen molar-refractivity contribution in [3.05, 3.63) is 29.3 Å². The average molecular weight is 305 g/mol. The Balaban J connectivity index is 2.77. The lowest BCUT2D eigenvalue weighted by Crippen LogP contribution is -2.15. The lowest BCUT2D eigenvalue weighted by atomic mass is 10.1. The molecule has 1 N–H and O–H groups in total. The van der Waals surface area contributed by atoms with Crippen LogP contribution >= 0.6 is 0 Å². The molecule has 21 heavy (non-hydrogen) atoms. The Kier molecular flexibility index (Phi) is 7.53. The van der Waals surface area contributed by atoms with Gasteiger partial charge in [0.05, 0.1) is 12.2 Å². The van der Waals surface area contributed by atoms with Gasteiger partial charge in [-0.15, -0.1) is 0 Å². The van der Waals surface area contributed by atoms with Crippen LogP contribution in [-0.2, 0) is 17.5 Å². The molecule has 1 aromatic carbocycles. The van der Waals surface area contributed by atoms with E-state index >= 15 is 0 Å². The van der Waals surface area contributed by atoms with E-state index in [0.717, 1.165) is 19.0 Å². The van der Waals surface area contributed by atoms with Crippen LogP contribution in [0.4, 0.5) is 13.2 Å². The quantitative estimate of drug-likeness (QED) is 0.707. The Morgan fingerprint density at radius 2 is 1.95 bits per heavy atom. The molecule has 3 nitrogen and oxygen atoms in total. The number of hydrogen-bond donors (Lipinski definition) is 1. The van der Waals surface area contributed by atoms with Gasteiger partial charge in [-0.05, 0) is 30.7 Å². The summed E-state index contributed by atoms with van der Waals surface area (Å²) in [6, 6.07) is 4.19. The van der Waals surface area contributed by atoms with Gasteiger partial charge in [-0.2, -0.15) is 13.2 Å². The highest BCUT2D eigenvalue weighted by Crippen LogP contribution is 2.36. The van der Waals surface area contributed by atoms with Crippen LogP contribution in [0.25, 0.3) is 0 Å². The van der Waals surface area contributed by atoms with Crippen molar-refractivity contribution in [2.75, 3.05) is 26.9 Å². The van der Waals surface area contributed by atoms with E-state index in [1.54, 1.807) is 13.2 Å². The third-order valence-corrected chi connectivity index (χ3v) is 2.86. The Morgan fingerprint density at radius 3 is 2.57 bits per heavy atom. The Bertz CT molecular complexity index is 422. The summed E-state index contributed by atoms with van der Waals surface area (Å²) in [5, 5.41) is 3.08. The molecule has 0 aliphatic rings. The highest BCUT2D eigenvalue weighted by atomic mass is 19.4. The first-order valence-electron chi connectivity index (χ1n) is 7.01. The van der Waals surface area contributed by atoms with Crippen molar-refractivity contribution in [2.24, 2.45) is 0 Å². The highest BCUT2D eigenvalue weighted by Gasteiger charge is 2.34. The molecule has 0 aliphatic heterocycles. The fourth-order valence-electron chi connectivity index (χ4n) is 1.83. The third kappa shape index (κ3) is 6.35. The zero-order valence-electron chi connectivity index (χ0n) is 12.4. The van der Waals surface area contributed by atoms with Crippen molar-refractivity contribution in [1.29, 1.82) is 0 Å². The Labute approximate surface area is 123 Å². The molecule has 0 saturated heterocycles. The van der Waals surface area contributed by atoms with E-state index in [-0.39, 0.29) is 12.4 Å². The van der Waals surface area contributed by atoms with Crippen LogP contribution in [0.3, 0.4) is 0 Å². The van der Waals surface area contributed by atoms with Gasteiger partial charge in [0, 0.05) is 26.7 Å². The van der Waals surface area contributed by atoms with E-state index < -0.39 is 11.7 Å². The second-order valence-corrected chi connectivity index (χ2v) is 4.70. The fourth-order valence-corrected chi connectivity index (χ4v) is 1.83. The molecule has 0 fully saturated rings. The van der Waals surface area contributed by atoms with Gasteiger partial charge < -0.3 is 14.8 Å². The predicted octanol–water partition coefficient (Wildman–Crippen LogP) is 3.62. The summed E-state index contributed by atoms with van der Waals surface area (Å²) < 4.78 is 49.3. The molecule has 0 radical (unpaired) electrons. The van der Waals surface area contributed by atoms with Gasteiger partial charge in [0.15, 0.2) is 0 Å². The third-order valence-electron chi connectivity index (χ3n) is 2.86. The van der Waals surface area contributed by atoms with Crippen molar-refractivity contribution in [1.82, 2.24) is 5.32 Å². The van der Waals surface area contributed by atoms with E-state index in [2.05, 4.69) is 5.32 Å². The second-order valence-electron chi connectivity index (χ2n) is 4.70. The lowest BCUT2D eigenvalue weighted by Gasteiger charge is -2.15. The zero-order chi connectivity index (χ0) is 15.7. The van der Waals surface area contributed by atoms with Crippen LogP contribution in [0.5, 0.6) is 5.75 Å². The molecule has 0 aromatic heterocycles. The number of hydrogen-bond acceptors (Lipinski definition) is 3. The SMILES string of the molecule is CCCNCc1ccc(OCCCOC)c(C(F)(F)F)c1. The topological polar surface area (TPSA) is 30.5 Å².